The van der Waals surface area contributed by atoms with Crippen molar-refractivity contribution in [2.75, 3.05) is 32.5 Å². The van der Waals surface area contributed by atoms with Gasteiger partial charge in [0.2, 0.25) is 0 Å². The molecule has 0 atom stereocenters. The zero-order valence-corrected chi connectivity index (χ0v) is 17.4. The normalized spacial score (nSPS) is 11.0. The third-order valence-electron chi connectivity index (χ3n) is 4.21. The van der Waals surface area contributed by atoms with E-state index in [-0.39, 0.29) is 11.8 Å². The second-order valence-electron chi connectivity index (χ2n) is 6.69. The number of fused-ring (bicyclic) bond motifs is 1. The minimum absolute atomic E-state index is 0.121. The molecule has 3 rings (SSSR count). The minimum atomic E-state index is -0.257. The van der Waals surface area contributed by atoms with Crippen LogP contribution in [0.5, 0.6) is 0 Å². The summed E-state index contributed by atoms with van der Waals surface area (Å²) < 4.78 is 0.971. The van der Waals surface area contributed by atoms with Crippen LogP contribution in [0.25, 0.3) is 10.1 Å². The molecular formula is C21H22ClN3O2S. The van der Waals surface area contributed by atoms with E-state index in [9.17, 15) is 9.59 Å². The van der Waals surface area contributed by atoms with Gasteiger partial charge < -0.3 is 15.5 Å². The largest absolute Gasteiger partial charge is 0.352 e. The fourth-order valence-corrected chi connectivity index (χ4v) is 4.16. The monoisotopic (exact) mass is 415 g/mol. The topological polar surface area (TPSA) is 61.4 Å². The molecule has 0 saturated carbocycles. The van der Waals surface area contributed by atoms with Crippen molar-refractivity contribution in [1.29, 1.82) is 0 Å². The van der Waals surface area contributed by atoms with Crippen molar-refractivity contribution in [3.63, 3.8) is 0 Å². The fourth-order valence-electron chi connectivity index (χ4n) is 2.75. The lowest BCUT2D eigenvalue weighted by Gasteiger charge is -2.10. The fraction of sp³-hybridized carbons (Fsp3) is 0.238. The van der Waals surface area contributed by atoms with Crippen LogP contribution < -0.4 is 10.6 Å². The smallest absolute Gasteiger partial charge is 0.267 e. The lowest BCUT2D eigenvalue weighted by molar-refractivity contribution is 0.0951. The number of benzene rings is 2. The van der Waals surface area contributed by atoms with Gasteiger partial charge in [0.25, 0.3) is 11.8 Å². The zero-order chi connectivity index (χ0) is 20.1. The third-order valence-corrected chi connectivity index (χ3v) is 5.89. The van der Waals surface area contributed by atoms with E-state index in [2.05, 4.69) is 15.5 Å². The molecule has 3 aromatic rings. The highest BCUT2D eigenvalue weighted by atomic mass is 35.5. The van der Waals surface area contributed by atoms with E-state index in [1.54, 1.807) is 24.3 Å². The van der Waals surface area contributed by atoms with Gasteiger partial charge in [-0.2, -0.15) is 0 Å². The first-order valence-electron chi connectivity index (χ1n) is 8.97. The maximum atomic E-state index is 12.6. The Morgan fingerprint density at radius 1 is 1.04 bits per heavy atom. The molecule has 7 heteroatoms. The van der Waals surface area contributed by atoms with Gasteiger partial charge in [-0.1, -0.05) is 29.8 Å². The van der Waals surface area contributed by atoms with Crippen molar-refractivity contribution >= 4 is 50.5 Å². The number of thiophene rings is 1. The summed E-state index contributed by atoms with van der Waals surface area (Å²) in [5, 5.41) is 7.07. The zero-order valence-electron chi connectivity index (χ0n) is 15.8. The van der Waals surface area contributed by atoms with E-state index in [1.807, 2.05) is 38.4 Å². The molecule has 28 heavy (non-hydrogen) atoms. The summed E-state index contributed by atoms with van der Waals surface area (Å²) in [7, 11) is 4.00. The second kappa shape index (κ2) is 9.19. The van der Waals surface area contributed by atoms with E-state index >= 15 is 0 Å². The Hall–Kier alpha value is -2.41. The first-order chi connectivity index (χ1) is 13.5. The van der Waals surface area contributed by atoms with Crippen molar-refractivity contribution < 1.29 is 9.59 Å². The molecule has 2 amide bonds. The highest BCUT2D eigenvalue weighted by Crippen LogP contribution is 2.35. The van der Waals surface area contributed by atoms with Gasteiger partial charge in [-0.25, -0.2) is 0 Å². The minimum Gasteiger partial charge on any atom is -0.352 e. The Labute approximate surface area is 173 Å². The molecule has 5 nitrogen and oxygen atoms in total. The summed E-state index contributed by atoms with van der Waals surface area (Å²) >= 11 is 7.72. The van der Waals surface area contributed by atoms with E-state index < -0.39 is 0 Å². The predicted molar refractivity (Wildman–Crippen MR) is 117 cm³/mol. The molecule has 146 valence electrons. The maximum Gasteiger partial charge on any atom is 0.267 e. The van der Waals surface area contributed by atoms with Crippen LogP contribution in [0.15, 0.2) is 48.5 Å². The molecule has 1 heterocycles. The van der Waals surface area contributed by atoms with Gasteiger partial charge in [0.15, 0.2) is 0 Å². The van der Waals surface area contributed by atoms with Crippen molar-refractivity contribution in [3.05, 3.63) is 64.0 Å². The third kappa shape index (κ3) is 4.90. The van der Waals surface area contributed by atoms with Crippen LogP contribution >= 0.6 is 22.9 Å². The SMILES string of the molecule is CN(C)CCCNC(=O)c1ccc(NC(=O)c2sc3ccccc3c2Cl)cc1. The first kappa shape index (κ1) is 20.3. The molecule has 0 aliphatic heterocycles. The molecule has 2 N–H and O–H groups in total. The first-order valence-corrected chi connectivity index (χ1v) is 10.2. The predicted octanol–water partition coefficient (Wildman–Crippen LogP) is 4.49. The van der Waals surface area contributed by atoms with Crippen molar-refractivity contribution in [3.8, 4) is 0 Å². The molecule has 1 aromatic heterocycles. The number of carbonyl (C=O) groups excluding carboxylic acids is 2. The molecule has 0 radical (unpaired) electrons. The van der Waals surface area contributed by atoms with Crippen LogP contribution in [-0.4, -0.2) is 43.9 Å². The number of nitrogens with zero attached hydrogens (tertiary/aromatic N) is 1. The van der Waals surface area contributed by atoms with Crippen LogP contribution in [0.4, 0.5) is 5.69 Å². The number of halogens is 1. The van der Waals surface area contributed by atoms with Crippen LogP contribution in [0.2, 0.25) is 5.02 Å². The highest BCUT2D eigenvalue weighted by Gasteiger charge is 2.17. The quantitative estimate of drug-likeness (QED) is 0.559. The van der Waals surface area contributed by atoms with Crippen LogP contribution in [-0.2, 0) is 0 Å². The summed E-state index contributed by atoms with van der Waals surface area (Å²) in [4.78, 5) is 27.3. The van der Waals surface area contributed by atoms with E-state index in [1.165, 1.54) is 11.3 Å². The standard InChI is InChI=1S/C21H22ClN3O2S/c1-25(2)13-5-12-23-20(26)14-8-10-15(11-9-14)24-21(27)19-18(22)16-6-3-4-7-17(16)28-19/h3-4,6-11H,5,12-13H2,1-2H3,(H,23,26)(H,24,27). The Kier molecular flexibility index (Phi) is 6.67. The van der Waals surface area contributed by atoms with Gasteiger partial charge >= 0.3 is 0 Å². The van der Waals surface area contributed by atoms with Gasteiger partial charge in [0.1, 0.15) is 4.88 Å². The number of rotatable bonds is 7. The second-order valence-corrected chi connectivity index (χ2v) is 8.12. The summed E-state index contributed by atoms with van der Waals surface area (Å²) in [6, 6.07) is 14.5. The molecule has 0 aliphatic carbocycles. The average molecular weight is 416 g/mol. The van der Waals surface area contributed by atoms with Crippen LogP contribution in [0.1, 0.15) is 26.5 Å². The average Bonchev–Trinajstić information content (AvgIpc) is 3.02. The van der Waals surface area contributed by atoms with E-state index in [0.717, 1.165) is 23.1 Å². The molecule has 0 fully saturated rings. The molecule has 0 saturated heterocycles. The summed E-state index contributed by atoms with van der Waals surface area (Å²) in [5.74, 6) is -0.378. The molecule has 0 aliphatic rings. The number of amides is 2. The Balaban J connectivity index is 1.61. The number of hydrogen-bond acceptors (Lipinski definition) is 4. The molecule has 2 aromatic carbocycles. The van der Waals surface area contributed by atoms with Gasteiger partial charge in [-0.15, -0.1) is 11.3 Å². The highest BCUT2D eigenvalue weighted by molar-refractivity contribution is 7.21. The number of anilines is 1. The Bertz CT molecular complexity index is 983. The van der Waals surface area contributed by atoms with E-state index in [0.29, 0.717) is 27.7 Å². The van der Waals surface area contributed by atoms with Gasteiger partial charge in [-0.05, 0) is 57.4 Å². The Morgan fingerprint density at radius 3 is 2.43 bits per heavy atom. The number of hydrogen-bond donors (Lipinski definition) is 2. The van der Waals surface area contributed by atoms with Gasteiger partial charge in [-0.3, -0.25) is 9.59 Å². The Morgan fingerprint density at radius 2 is 1.75 bits per heavy atom. The number of nitrogens with one attached hydrogen (secondary N) is 2. The summed E-state index contributed by atoms with van der Waals surface area (Å²) in [6.45, 7) is 1.55. The van der Waals surface area contributed by atoms with Crippen LogP contribution in [0, 0.1) is 0 Å². The van der Waals surface area contributed by atoms with Crippen molar-refractivity contribution in [2.24, 2.45) is 0 Å². The van der Waals surface area contributed by atoms with Gasteiger partial charge in [0, 0.05) is 27.9 Å². The van der Waals surface area contributed by atoms with Crippen molar-refractivity contribution in [1.82, 2.24) is 10.2 Å². The van der Waals surface area contributed by atoms with E-state index in [4.69, 9.17) is 11.6 Å². The summed E-state index contributed by atoms with van der Waals surface area (Å²) in [6.07, 6.45) is 0.892. The maximum absolute atomic E-state index is 12.6. The lowest BCUT2D eigenvalue weighted by atomic mass is 10.2. The summed E-state index contributed by atoms with van der Waals surface area (Å²) in [5.41, 5.74) is 1.17. The van der Waals surface area contributed by atoms with Crippen LogP contribution in [0.3, 0.4) is 0 Å². The van der Waals surface area contributed by atoms with Gasteiger partial charge in [0.05, 0.1) is 5.02 Å². The number of carbonyl (C=O) groups is 2. The molecule has 0 spiro atoms. The lowest BCUT2D eigenvalue weighted by Crippen LogP contribution is -2.27. The molecule has 0 unspecified atom stereocenters. The molecule has 0 bridgehead atoms. The van der Waals surface area contributed by atoms with Crippen molar-refractivity contribution in [2.45, 2.75) is 6.42 Å². The molecular weight excluding hydrogens is 394 g/mol.